The molecule has 4 bridgehead atoms. The first-order chi connectivity index (χ1) is 10.9. The number of aliphatic hydroxyl groups excluding tert-OH is 1. The average molecular weight is 322 g/mol. The highest BCUT2D eigenvalue weighted by molar-refractivity contribution is 5.88. The molecule has 3 unspecified atom stereocenters. The molecule has 4 rings (SSSR count). The summed E-state index contributed by atoms with van der Waals surface area (Å²) in [6.07, 6.45) is 5.82. The monoisotopic (exact) mass is 322 g/mol. The fourth-order valence-electron chi connectivity index (χ4n) is 5.40. The van der Waals surface area contributed by atoms with Crippen LogP contribution in [0.2, 0.25) is 0 Å². The standard InChI is InChI=1S/C18H26O5/c1-11(2)17(21)22-9-16(20)23-10-18-6-12-3-13(7-18)5-14(4-12)15(18)8-19/h12-15,19H,1,3-10H2,2H3. The Kier molecular flexibility index (Phi) is 4.50. The van der Waals surface area contributed by atoms with Gasteiger partial charge in [-0.1, -0.05) is 6.58 Å². The second-order valence-corrected chi connectivity index (χ2v) is 7.78. The van der Waals surface area contributed by atoms with Crippen molar-refractivity contribution in [3.8, 4) is 0 Å². The van der Waals surface area contributed by atoms with E-state index in [0.29, 0.717) is 12.5 Å². The maximum atomic E-state index is 11.9. The van der Waals surface area contributed by atoms with Gasteiger partial charge in [0.15, 0.2) is 6.61 Å². The summed E-state index contributed by atoms with van der Waals surface area (Å²) in [5, 5.41) is 9.85. The molecule has 0 aliphatic heterocycles. The molecule has 5 heteroatoms. The minimum atomic E-state index is -0.579. The number of esters is 2. The van der Waals surface area contributed by atoms with E-state index in [0.717, 1.165) is 24.7 Å². The lowest BCUT2D eigenvalue weighted by molar-refractivity contribution is -0.177. The maximum absolute atomic E-state index is 11.9. The summed E-state index contributed by atoms with van der Waals surface area (Å²) >= 11 is 0. The van der Waals surface area contributed by atoms with Crippen LogP contribution >= 0.6 is 0 Å². The van der Waals surface area contributed by atoms with Gasteiger partial charge in [-0.25, -0.2) is 9.59 Å². The molecule has 0 aromatic rings. The van der Waals surface area contributed by atoms with Crippen molar-refractivity contribution in [3.63, 3.8) is 0 Å². The van der Waals surface area contributed by atoms with Gasteiger partial charge in [0.05, 0.1) is 6.61 Å². The van der Waals surface area contributed by atoms with Gasteiger partial charge in [-0.3, -0.25) is 0 Å². The highest BCUT2D eigenvalue weighted by Crippen LogP contribution is 2.62. The predicted molar refractivity (Wildman–Crippen MR) is 83.3 cm³/mol. The van der Waals surface area contributed by atoms with Gasteiger partial charge in [0.1, 0.15) is 0 Å². The van der Waals surface area contributed by atoms with Crippen molar-refractivity contribution >= 4 is 11.9 Å². The summed E-state index contributed by atoms with van der Waals surface area (Å²) in [6, 6.07) is 0. The molecule has 4 aliphatic rings. The van der Waals surface area contributed by atoms with Crippen LogP contribution in [-0.2, 0) is 19.1 Å². The minimum absolute atomic E-state index is 0.0719. The second kappa shape index (κ2) is 6.27. The molecule has 1 N–H and O–H groups in total. The minimum Gasteiger partial charge on any atom is -0.463 e. The number of ether oxygens (including phenoxy) is 2. The quantitative estimate of drug-likeness (QED) is 0.599. The van der Waals surface area contributed by atoms with E-state index in [1.807, 2.05) is 0 Å². The Morgan fingerprint density at radius 3 is 2.39 bits per heavy atom. The van der Waals surface area contributed by atoms with Crippen molar-refractivity contribution in [2.45, 2.75) is 39.0 Å². The molecule has 0 aromatic carbocycles. The van der Waals surface area contributed by atoms with Crippen LogP contribution in [0.25, 0.3) is 0 Å². The summed E-state index contributed by atoms with van der Waals surface area (Å²) in [5.41, 5.74) is 0.191. The van der Waals surface area contributed by atoms with Gasteiger partial charge in [0, 0.05) is 17.6 Å². The van der Waals surface area contributed by atoms with Crippen molar-refractivity contribution in [2.75, 3.05) is 19.8 Å². The molecule has 0 radical (unpaired) electrons. The predicted octanol–water partition coefficient (Wildman–Crippen LogP) is 2.08. The molecular weight excluding hydrogens is 296 g/mol. The van der Waals surface area contributed by atoms with Gasteiger partial charge in [0.2, 0.25) is 0 Å². The van der Waals surface area contributed by atoms with Crippen molar-refractivity contribution < 1.29 is 24.2 Å². The molecule has 3 atom stereocenters. The first kappa shape index (κ1) is 16.5. The first-order valence-corrected chi connectivity index (χ1v) is 8.52. The van der Waals surface area contributed by atoms with Gasteiger partial charge in [-0.2, -0.15) is 0 Å². The van der Waals surface area contributed by atoms with Gasteiger partial charge < -0.3 is 14.6 Å². The largest absolute Gasteiger partial charge is 0.463 e. The number of rotatable bonds is 6. The molecule has 0 amide bonds. The zero-order valence-electron chi connectivity index (χ0n) is 13.8. The number of hydrogen-bond donors (Lipinski definition) is 1. The fraction of sp³-hybridized carbons (Fsp3) is 0.778. The molecule has 0 aromatic heterocycles. The number of carbonyl (C=O) groups is 2. The van der Waals surface area contributed by atoms with Crippen LogP contribution in [0.1, 0.15) is 39.0 Å². The van der Waals surface area contributed by atoms with Crippen LogP contribution in [0.4, 0.5) is 0 Å². The van der Waals surface area contributed by atoms with Gasteiger partial charge in [-0.15, -0.1) is 0 Å². The van der Waals surface area contributed by atoms with E-state index in [1.165, 1.54) is 26.2 Å². The zero-order chi connectivity index (χ0) is 16.6. The van der Waals surface area contributed by atoms with Crippen molar-refractivity contribution in [3.05, 3.63) is 12.2 Å². The van der Waals surface area contributed by atoms with Gasteiger partial charge in [-0.05, 0) is 62.7 Å². The number of carbonyl (C=O) groups excluding carboxylic acids is 2. The van der Waals surface area contributed by atoms with Crippen LogP contribution in [0.5, 0.6) is 0 Å². The molecule has 0 saturated heterocycles. The lowest BCUT2D eigenvalue weighted by Gasteiger charge is -2.60. The molecule has 0 heterocycles. The highest BCUT2D eigenvalue weighted by atomic mass is 16.6. The lowest BCUT2D eigenvalue weighted by atomic mass is 9.45. The van der Waals surface area contributed by atoms with E-state index in [2.05, 4.69) is 6.58 Å². The molecule has 4 fully saturated rings. The Labute approximate surface area is 137 Å². The molecule has 5 nitrogen and oxygen atoms in total. The number of aliphatic hydroxyl groups is 1. The normalized spacial score (nSPS) is 37.5. The van der Waals surface area contributed by atoms with Crippen LogP contribution < -0.4 is 0 Å². The Hall–Kier alpha value is -1.36. The van der Waals surface area contributed by atoms with Crippen LogP contribution in [0.3, 0.4) is 0 Å². The summed E-state index contributed by atoms with van der Waals surface area (Å²) < 4.78 is 10.3. The van der Waals surface area contributed by atoms with Crippen LogP contribution in [0.15, 0.2) is 12.2 Å². The van der Waals surface area contributed by atoms with E-state index in [9.17, 15) is 14.7 Å². The average Bonchev–Trinajstić information content (AvgIpc) is 2.49. The summed E-state index contributed by atoms with van der Waals surface area (Å²) in [7, 11) is 0. The van der Waals surface area contributed by atoms with E-state index < -0.39 is 11.9 Å². The third-order valence-corrected chi connectivity index (χ3v) is 6.07. The maximum Gasteiger partial charge on any atom is 0.344 e. The molecule has 4 saturated carbocycles. The smallest absolute Gasteiger partial charge is 0.344 e. The molecule has 0 spiro atoms. The molecule has 4 aliphatic carbocycles. The van der Waals surface area contributed by atoms with Crippen LogP contribution in [0, 0.1) is 29.1 Å². The van der Waals surface area contributed by atoms with E-state index in [-0.39, 0.29) is 30.1 Å². The Balaban J connectivity index is 1.57. The Morgan fingerprint density at radius 1 is 1.17 bits per heavy atom. The van der Waals surface area contributed by atoms with E-state index >= 15 is 0 Å². The SMILES string of the molecule is C=C(C)C(=O)OCC(=O)OCC12CC3CC(CC(C3)C1CO)C2. The van der Waals surface area contributed by atoms with Gasteiger partial charge >= 0.3 is 11.9 Å². The fourth-order valence-corrected chi connectivity index (χ4v) is 5.40. The molecular formula is C18H26O5. The summed E-state index contributed by atoms with van der Waals surface area (Å²) in [6.45, 7) is 5.15. The molecule has 23 heavy (non-hydrogen) atoms. The van der Waals surface area contributed by atoms with Crippen molar-refractivity contribution in [2.24, 2.45) is 29.1 Å². The van der Waals surface area contributed by atoms with Crippen molar-refractivity contribution in [1.29, 1.82) is 0 Å². The van der Waals surface area contributed by atoms with Crippen molar-refractivity contribution in [1.82, 2.24) is 0 Å². The number of hydrogen-bond acceptors (Lipinski definition) is 5. The summed E-state index contributed by atoms with van der Waals surface area (Å²) in [4.78, 5) is 23.2. The lowest BCUT2D eigenvalue weighted by Crippen LogP contribution is -2.56. The Morgan fingerprint density at radius 2 is 1.83 bits per heavy atom. The third kappa shape index (κ3) is 3.16. The van der Waals surface area contributed by atoms with E-state index in [1.54, 1.807) is 0 Å². The first-order valence-electron chi connectivity index (χ1n) is 8.52. The summed E-state index contributed by atoms with van der Waals surface area (Å²) in [5.74, 6) is 1.15. The third-order valence-electron chi connectivity index (χ3n) is 6.07. The second-order valence-electron chi connectivity index (χ2n) is 7.78. The topological polar surface area (TPSA) is 72.8 Å². The van der Waals surface area contributed by atoms with Crippen LogP contribution in [-0.4, -0.2) is 36.9 Å². The zero-order valence-corrected chi connectivity index (χ0v) is 13.8. The Bertz CT molecular complexity index is 498. The van der Waals surface area contributed by atoms with E-state index in [4.69, 9.17) is 9.47 Å². The molecule has 128 valence electrons. The highest BCUT2D eigenvalue weighted by Gasteiger charge is 2.57. The van der Waals surface area contributed by atoms with Gasteiger partial charge in [0.25, 0.3) is 0 Å².